The largest absolute Gasteiger partial charge is 0.353 e. The first kappa shape index (κ1) is 20.1. The first-order chi connectivity index (χ1) is 13.5. The highest BCUT2D eigenvalue weighted by Crippen LogP contribution is 2.29. The molecule has 0 unspecified atom stereocenters. The van der Waals surface area contributed by atoms with Gasteiger partial charge in [-0.25, -0.2) is 0 Å². The van der Waals surface area contributed by atoms with Crippen LogP contribution in [0.3, 0.4) is 0 Å². The molecule has 1 saturated carbocycles. The van der Waals surface area contributed by atoms with Crippen molar-refractivity contribution in [1.82, 2.24) is 10.6 Å². The van der Waals surface area contributed by atoms with E-state index in [0.717, 1.165) is 30.4 Å². The van der Waals surface area contributed by atoms with Gasteiger partial charge in [-0.05, 0) is 35.4 Å². The number of carbonyl (C=O) groups excluding carboxylic acids is 2. The van der Waals surface area contributed by atoms with E-state index >= 15 is 0 Å². The van der Waals surface area contributed by atoms with Crippen molar-refractivity contribution in [2.24, 2.45) is 5.92 Å². The van der Waals surface area contributed by atoms with Gasteiger partial charge in [-0.15, -0.1) is 0 Å². The first-order valence-electron chi connectivity index (χ1n) is 10.2. The quantitative estimate of drug-likeness (QED) is 0.786. The highest BCUT2D eigenvalue weighted by Gasteiger charge is 2.34. The van der Waals surface area contributed by atoms with E-state index in [2.05, 4.69) is 48.7 Å². The number of hydrogen-bond donors (Lipinski definition) is 2. The van der Waals surface area contributed by atoms with Crippen molar-refractivity contribution in [2.45, 2.75) is 58.0 Å². The summed E-state index contributed by atoms with van der Waals surface area (Å²) in [6.45, 7) is 5.86. The van der Waals surface area contributed by atoms with Crippen LogP contribution in [0.5, 0.6) is 0 Å². The Kier molecular flexibility index (Phi) is 6.50. The number of rotatable bonds is 6. The highest BCUT2D eigenvalue weighted by atomic mass is 16.2. The summed E-state index contributed by atoms with van der Waals surface area (Å²) in [5.41, 5.74) is 3.41. The Morgan fingerprint density at radius 1 is 0.893 bits per heavy atom. The molecule has 0 saturated heterocycles. The van der Waals surface area contributed by atoms with Crippen LogP contribution < -0.4 is 10.6 Å². The lowest BCUT2D eigenvalue weighted by molar-refractivity contribution is -0.126. The number of amides is 2. The van der Waals surface area contributed by atoms with Gasteiger partial charge in [-0.3, -0.25) is 9.59 Å². The molecule has 2 N–H and O–H groups in total. The van der Waals surface area contributed by atoms with E-state index in [1.165, 1.54) is 12.5 Å². The van der Waals surface area contributed by atoms with Gasteiger partial charge in [0.2, 0.25) is 11.8 Å². The second-order valence-corrected chi connectivity index (χ2v) is 8.02. The molecule has 148 valence electrons. The number of carbonyl (C=O) groups is 2. The molecular formula is C24H30N2O2. The molecule has 3 atom stereocenters. The van der Waals surface area contributed by atoms with Gasteiger partial charge in [-0.2, -0.15) is 0 Å². The van der Waals surface area contributed by atoms with Crippen LogP contribution in [0.15, 0.2) is 54.6 Å². The zero-order valence-corrected chi connectivity index (χ0v) is 16.9. The molecule has 0 heterocycles. The standard InChI is InChI=1S/C24H30N2O2/c1-16(2)18-12-14-20(15-13-18)23(19-8-5-4-6-9-19)26-24(28)21-10-7-11-22(21)25-17(3)27/h4-6,8-9,12-16,21-23H,7,10-11H2,1-3H3,(H,25,27)(H,26,28)/t21-,22+,23+/m1/s1. The Morgan fingerprint density at radius 2 is 1.50 bits per heavy atom. The number of hydrogen-bond acceptors (Lipinski definition) is 2. The van der Waals surface area contributed by atoms with E-state index < -0.39 is 0 Å². The fourth-order valence-corrected chi connectivity index (χ4v) is 4.03. The van der Waals surface area contributed by atoms with Crippen LogP contribution in [0.25, 0.3) is 0 Å². The van der Waals surface area contributed by atoms with Gasteiger partial charge in [0.1, 0.15) is 0 Å². The average Bonchev–Trinajstić information content (AvgIpc) is 3.14. The minimum absolute atomic E-state index is 0.0121. The van der Waals surface area contributed by atoms with Crippen molar-refractivity contribution in [3.63, 3.8) is 0 Å². The molecule has 3 rings (SSSR count). The van der Waals surface area contributed by atoms with Crippen LogP contribution in [-0.4, -0.2) is 17.9 Å². The Labute approximate surface area is 167 Å². The molecule has 0 aromatic heterocycles. The Morgan fingerprint density at radius 3 is 2.11 bits per heavy atom. The summed E-state index contributed by atoms with van der Waals surface area (Å²) >= 11 is 0. The third kappa shape index (κ3) is 4.80. The molecule has 28 heavy (non-hydrogen) atoms. The van der Waals surface area contributed by atoms with Crippen molar-refractivity contribution in [3.8, 4) is 0 Å². The molecule has 4 heteroatoms. The molecule has 2 aromatic carbocycles. The second kappa shape index (κ2) is 9.05. The van der Waals surface area contributed by atoms with E-state index in [-0.39, 0.29) is 29.8 Å². The predicted octanol–water partition coefficient (Wildman–Crippen LogP) is 4.32. The van der Waals surface area contributed by atoms with Gasteiger partial charge in [0.15, 0.2) is 0 Å². The lowest BCUT2D eigenvalue weighted by Crippen LogP contribution is -2.44. The fourth-order valence-electron chi connectivity index (χ4n) is 4.03. The molecular weight excluding hydrogens is 348 g/mol. The molecule has 2 amide bonds. The molecule has 0 aliphatic heterocycles. The van der Waals surface area contributed by atoms with Crippen molar-refractivity contribution >= 4 is 11.8 Å². The molecule has 0 radical (unpaired) electrons. The summed E-state index contributed by atoms with van der Waals surface area (Å²) < 4.78 is 0. The zero-order chi connectivity index (χ0) is 20.1. The van der Waals surface area contributed by atoms with Crippen LogP contribution in [0.1, 0.15) is 68.7 Å². The van der Waals surface area contributed by atoms with Crippen LogP contribution in [-0.2, 0) is 9.59 Å². The predicted molar refractivity (Wildman–Crippen MR) is 112 cm³/mol. The Balaban J connectivity index is 1.83. The van der Waals surface area contributed by atoms with Crippen molar-refractivity contribution in [1.29, 1.82) is 0 Å². The summed E-state index contributed by atoms with van der Waals surface area (Å²) in [7, 11) is 0. The SMILES string of the molecule is CC(=O)N[C@H]1CCC[C@H]1C(=O)N[C@@H](c1ccccc1)c1ccc(C(C)C)cc1. The van der Waals surface area contributed by atoms with Crippen molar-refractivity contribution in [3.05, 3.63) is 71.3 Å². The lowest BCUT2D eigenvalue weighted by Gasteiger charge is -2.25. The maximum Gasteiger partial charge on any atom is 0.225 e. The van der Waals surface area contributed by atoms with E-state index in [9.17, 15) is 9.59 Å². The maximum atomic E-state index is 13.1. The first-order valence-corrected chi connectivity index (χ1v) is 10.2. The molecule has 1 aliphatic rings. The minimum Gasteiger partial charge on any atom is -0.353 e. The van der Waals surface area contributed by atoms with Crippen LogP contribution in [0, 0.1) is 5.92 Å². The lowest BCUT2D eigenvalue weighted by atomic mass is 9.94. The van der Waals surface area contributed by atoms with Gasteiger partial charge in [0.25, 0.3) is 0 Å². The summed E-state index contributed by atoms with van der Waals surface area (Å²) in [6.07, 6.45) is 2.63. The third-order valence-electron chi connectivity index (χ3n) is 5.60. The monoisotopic (exact) mass is 378 g/mol. The molecule has 1 aliphatic carbocycles. The van der Waals surface area contributed by atoms with Crippen molar-refractivity contribution < 1.29 is 9.59 Å². The van der Waals surface area contributed by atoms with E-state index in [0.29, 0.717) is 5.92 Å². The van der Waals surface area contributed by atoms with E-state index in [4.69, 9.17) is 0 Å². The minimum atomic E-state index is -0.200. The summed E-state index contributed by atoms with van der Waals surface area (Å²) in [5.74, 6) is 0.229. The number of nitrogens with one attached hydrogen (secondary N) is 2. The van der Waals surface area contributed by atoms with Gasteiger partial charge in [0, 0.05) is 13.0 Å². The highest BCUT2D eigenvalue weighted by molar-refractivity contribution is 5.82. The summed E-state index contributed by atoms with van der Waals surface area (Å²) in [4.78, 5) is 24.6. The molecule has 0 bridgehead atoms. The zero-order valence-electron chi connectivity index (χ0n) is 16.9. The third-order valence-corrected chi connectivity index (χ3v) is 5.60. The van der Waals surface area contributed by atoms with Gasteiger partial charge in [0.05, 0.1) is 12.0 Å². The molecule has 0 spiro atoms. The second-order valence-electron chi connectivity index (χ2n) is 8.02. The van der Waals surface area contributed by atoms with Crippen LogP contribution in [0.4, 0.5) is 0 Å². The smallest absolute Gasteiger partial charge is 0.225 e. The summed E-state index contributed by atoms with van der Waals surface area (Å²) in [5, 5.41) is 6.20. The molecule has 4 nitrogen and oxygen atoms in total. The average molecular weight is 379 g/mol. The van der Waals surface area contributed by atoms with E-state index in [1.807, 2.05) is 30.3 Å². The Hall–Kier alpha value is -2.62. The van der Waals surface area contributed by atoms with Crippen LogP contribution in [0.2, 0.25) is 0 Å². The Bertz CT molecular complexity index is 799. The van der Waals surface area contributed by atoms with Gasteiger partial charge < -0.3 is 10.6 Å². The maximum absolute atomic E-state index is 13.1. The number of benzene rings is 2. The van der Waals surface area contributed by atoms with Crippen LogP contribution >= 0.6 is 0 Å². The molecule has 2 aromatic rings. The normalized spacial score (nSPS) is 20.0. The van der Waals surface area contributed by atoms with Gasteiger partial charge >= 0.3 is 0 Å². The summed E-state index contributed by atoms with van der Waals surface area (Å²) in [6, 6.07) is 18.3. The van der Waals surface area contributed by atoms with E-state index in [1.54, 1.807) is 0 Å². The van der Waals surface area contributed by atoms with Crippen molar-refractivity contribution in [2.75, 3.05) is 0 Å². The topological polar surface area (TPSA) is 58.2 Å². The fraction of sp³-hybridized carbons (Fsp3) is 0.417. The van der Waals surface area contributed by atoms with Gasteiger partial charge in [-0.1, -0.05) is 74.9 Å². The molecule has 1 fully saturated rings.